The van der Waals surface area contributed by atoms with Crippen LogP contribution in [0.25, 0.3) is 33.2 Å². The Morgan fingerprint density at radius 2 is 1.87 bits per heavy atom. The van der Waals surface area contributed by atoms with E-state index in [2.05, 4.69) is 36.0 Å². The number of nitrogens with one attached hydrogen (secondary N) is 3. The van der Waals surface area contributed by atoms with Gasteiger partial charge in [0.25, 0.3) is 12.0 Å². The molecule has 1 saturated heterocycles. The van der Waals surface area contributed by atoms with Crippen LogP contribution in [0.15, 0.2) is 59.7 Å². The van der Waals surface area contributed by atoms with Crippen molar-refractivity contribution in [2.75, 3.05) is 19.0 Å². The van der Waals surface area contributed by atoms with Gasteiger partial charge in [0.05, 0.1) is 35.6 Å². The number of hydrogen-bond acceptors (Lipinski definition) is 9. The SMILES string of the molecule is COc1nc(-c2cccc(-c3cccc(Nc4nc(C(F)F)cc5cnn(C)c(=O)c45)c3C)c2Cl)cnc1CNCC1CCC(=O)N1. The molecule has 11 nitrogen and oxygen atoms in total. The van der Waals surface area contributed by atoms with Crippen LogP contribution in [0.1, 0.15) is 36.2 Å². The fraction of sp³-hybridized carbons (Fsp3) is 0.273. The molecule has 0 radical (unpaired) electrons. The molecule has 1 fully saturated rings. The number of fused-ring (bicyclic) bond motifs is 1. The lowest BCUT2D eigenvalue weighted by molar-refractivity contribution is -0.119. The standard InChI is InChI=1S/C33H31ClF2N8O3/c1-17-20(6-5-9-23(17)41-31-28-18(12-24(42-31)30(35)36)13-39-44(2)33(28)46)21-7-4-8-22(29(21)34)25-16-38-26(32(43-25)47-3)15-37-14-19-10-11-27(45)40-19/h4-9,12-13,16,19,30,37H,10-11,14-15H2,1-3H3,(H,40,45)(H,41,42). The molecule has 2 aromatic carbocycles. The van der Waals surface area contributed by atoms with Crippen molar-refractivity contribution in [1.29, 1.82) is 0 Å². The lowest BCUT2D eigenvalue weighted by Gasteiger charge is -2.17. The number of ether oxygens (including phenoxy) is 1. The molecule has 3 aromatic heterocycles. The largest absolute Gasteiger partial charge is 0.480 e. The van der Waals surface area contributed by atoms with E-state index < -0.39 is 17.7 Å². The number of aryl methyl sites for hydroxylation is 1. The van der Waals surface area contributed by atoms with Crippen LogP contribution >= 0.6 is 11.6 Å². The molecule has 0 saturated carbocycles. The van der Waals surface area contributed by atoms with Crippen LogP contribution in [0.2, 0.25) is 5.02 Å². The van der Waals surface area contributed by atoms with Crippen molar-refractivity contribution in [3.8, 4) is 28.3 Å². The summed E-state index contributed by atoms with van der Waals surface area (Å²) in [6.07, 6.45) is 1.48. The summed E-state index contributed by atoms with van der Waals surface area (Å²) in [4.78, 5) is 37.8. The van der Waals surface area contributed by atoms with Crippen LogP contribution in [-0.4, -0.2) is 50.3 Å². The van der Waals surface area contributed by atoms with Gasteiger partial charge in [-0.2, -0.15) is 5.10 Å². The molecule has 242 valence electrons. The van der Waals surface area contributed by atoms with E-state index in [1.165, 1.54) is 26.4 Å². The summed E-state index contributed by atoms with van der Waals surface area (Å²) in [6, 6.07) is 12.3. The minimum atomic E-state index is -2.84. The first-order valence-electron chi connectivity index (χ1n) is 14.9. The average Bonchev–Trinajstić information content (AvgIpc) is 3.48. The van der Waals surface area contributed by atoms with Crippen molar-refractivity contribution in [1.82, 2.24) is 35.4 Å². The first-order valence-corrected chi connectivity index (χ1v) is 15.2. The molecule has 6 rings (SSSR count). The summed E-state index contributed by atoms with van der Waals surface area (Å²) in [5.74, 6) is 0.415. The number of carbonyl (C=O) groups is 1. The van der Waals surface area contributed by atoms with Crippen molar-refractivity contribution >= 4 is 39.8 Å². The Balaban J connectivity index is 1.31. The van der Waals surface area contributed by atoms with Crippen LogP contribution < -0.4 is 26.2 Å². The fourth-order valence-electron chi connectivity index (χ4n) is 5.61. The zero-order chi connectivity index (χ0) is 33.2. The number of carbonyl (C=O) groups excluding carboxylic acids is 1. The number of nitrogens with zero attached hydrogens (tertiary/aromatic N) is 5. The van der Waals surface area contributed by atoms with Gasteiger partial charge in [0, 0.05) is 54.8 Å². The Kier molecular flexibility index (Phi) is 9.10. The van der Waals surface area contributed by atoms with E-state index in [4.69, 9.17) is 16.3 Å². The Bertz CT molecular complexity index is 2060. The maximum atomic E-state index is 13.7. The first kappa shape index (κ1) is 32.0. The second kappa shape index (κ2) is 13.4. The Hall–Kier alpha value is -5.01. The molecule has 3 N–H and O–H groups in total. The van der Waals surface area contributed by atoms with Gasteiger partial charge in [-0.15, -0.1) is 0 Å². The highest BCUT2D eigenvalue weighted by Gasteiger charge is 2.22. The topological polar surface area (TPSA) is 136 Å². The monoisotopic (exact) mass is 660 g/mol. The maximum absolute atomic E-state index is 13.7. The zero-order valence-electron chi connectivity index (χ0n) is 25.8. The van der Waals surface area contributed by atoms with Crippen LogP contribution in [0.5, 0.6) is 5.88 Å². The van der Waals surface area contributed by atoms with E-state index in [9.17, 15) is 18.4 Å². The molecule has 1 atom stereocenters. The van der Waals surface area contributed by atoms with Crippen LogP contribution in [0.4, 0.5) is 20.3 Å². The number of halogens is 3. The molecule has 0 aliphatic carbocycles. The van der Waals surface area contributed by atoms with E-state index in [1.807, 2.05) is 31.2 Å². The van der Waals surface area contributed by atoms with E-state index in [0.717, 1.165) is 22.2 Å². The number of hydrogen-bond donors (Lipinski definition) is 3. The summed E-state index contributed by atoms with van der Waals surface area (Å²) in [5, 5.41) is 14.1. The van der Waals surface area contributed by atoms with Crippen molar-refractivity contribution in [3.05, 3.63) is 87.2 Å². The number of pyridine rings is 1. The fourth-order valence-corrected chi connectivity index (χ4v) is 5.94. The molecular formula is C33H31ClF2N8O3. The van der Waals surface area contributed by atoms with Gasteiger partial charge in [-0.3, -0.25) is 14.6 Å². The van der Waals surface area contributed by atoms with Gasteiger partial charge >= 0.3 is 0 Å². The number of rotatable bonds is 10. The van der Waals surface area contributed by atoms with Gasteiger partial charge in [0.2, 0.25) is 11.8 Å². The summed E-state index contributed by atoms with van der Waals surface area (Å²) >= 11 is 7.02. The summed E-state index contributed by atoms with van der Waals surface area (Å²) < 4.78 is 34.1. The predicted molar refractivity (Wildman–Crippen MR) is 175 cm³/mol. The van der Waals surface area contributed by atoms with Crippen molar-refractivity contribution in [2.24, 2.45) is 7.05 Å². The highest BCUT2D eigenvalue weighted by atomic mass is 35.5. The van der Waals surface area contributed by atoms with Gasteiger partial charge in [-0.05, 0) is 36.6 Å². The molecule has 1 amide bonds. The minimum absolute atomic E-state index is 0.00541. The molecule has 5 aromatic rings. The van der Waals surface area contributed by atoms with Gasteiger partial charge in [-0.1, -0.05) is 41.9 Å². The maximum Gasteiger partial charge on any atom is 0.280 e. The van der Waals surface area contributed by atoms with Crippen LogP contribution in [0, 0.1) is 6.92 Å². The van der Waals surface area contributed by atoms with E-state index in [1.54, 1.807) is 18.3 Å². The van der Waals surface area contributed by atoms with E-state index in [0.29, 0.717) is 58.6 Å². The first-order chi connectivity index (χ1) is 22.6. The summed E-state index contributed by atoms with van der Waals surface area (Å²) in [6.45, 7) is 2.88. The molecule has 1 aliphatic rings. The van der Waals surface area contributed by atoms with Crippen molar-refractivity contribution in [3.63, 3.8) is 0 Å². The molecule has 47 heavy (non-hydrogen) atoms. The van der Waals surface area contributed by atoms with Gasteiger partial charge in [0.1, 0.15) is 17.2 Å². The third-order valence-electron chi connectivity index (χ3n) is 8.10. The average molecular weight is 661 g/mol. The predicted octanol–water partition coefficient (Wildman–Crippen LogP) is 5.47. The van der Waals surface area contributed by atoms with Gasteiger partial charge in [-0.25, -0.2) is 23.4 Å². The molecule has 4 heterocycles. The highest BCUT2D eigenvalue weighted by molar-refractivity contribution is 6.36. The zero-order valence-corrected chi connectivity index (χ0v) is 26.5. The number of aromatic nitrogens is 5. The second-order valence-corrected chi connectivity index (χ2v) is 11.5. The van der Waals surface area contributed by atoms with Crippen LogP contribution in [0.3, 0.4) is 0 Å². The smallest absolute Gasteiger partial charge is 0.280 e. The Morgan fingerprint density at radius 3 is 2.62 bits per heavy atom. The lowest BCUT2D eigenvalue weighted by Crippen LogP contribution is -2.35. The Morgan fingerprint density at radius 1 is 1.11 bits per heavy atom. The number of alkyl halides is 2. The summed E-state index contributed by atoms with van der Waals surface area (Å²) in [5.41, 5.74) is 3.59. The molecular weight excluding hydrogens is 630 g/mol. The van der Waals surface area contributed by atoms with Crippen molar-refractivity contribution in [2.45, 2.75) is 38.8 Å². The number of methoxy groups -OCH3 is 1. The van der Waals surface area contributed by atoms with Gasteiger partial charge in [0.15, 0.2) is 0 Å². The highest BCUT2D eigenvalue weighted by Crippen LogP contribution is 2.40. The second-order valence-electron chi connectivity index (χ2n) is 11.1. The molecule has 0 bridgehead atoms. The number of anilines is 2. The lowest BCUT2D eigenvalue weighted by atomic mass is 9.96. The van der Waals surface area contributed by atoms with Crippen LogP contribution in [-0.2, 0) is 18.4 Å². The number of benzene rings is 2. The van der Waals surface area contributed by atoms with E-state index in [-0.39, 0.29) is 28.5 Å². The number of amides is 1. The van der Waals surface area contributed by atoms with Crippen molar-refractivity contribution < 1.29 is 18.3 Å². The quantitative estimate of drug-likeness (QED) is 0.178. The molecule has 1 unspecified atom stereocenters. The molecule has 14 heteroatoms. The molecule has 1 aliphatic heterocycles. The normalized spacial score (nSPS) is 14.5. The third kappa shape index (κ3) is 6.49. The third-order valence-corrected chi connectivity index (χ3v) is 8.50. The van der Waals surface area contributed by atoms with Gasteiger partial charge < -0.3 is 20.7 Å². The Labute approximate surface area is 273 Å². The van der Waals surface area contributed by atoms with E-state index >= 15 is 0 Å². The molecule has 0 spiro atoms. The minimum Gasteiger partial charge on any atom is -0.480 e. The summed E-state index contributed by atoms with van der Waals surface area (Å²) in [7, 11) is 3.01.